The molecule has 3 rings (SSSR count). The summed E-state index contributed by atoms with van der Waals surface area (Å²) in [5.41, 5.74) is 2.35. The second kappa shape index (κ2) is 7.25. The molecule has 1 fully saturated rings. The maximum absolute atomic E-state index is 13.2. The Bertz CT molecular complexity index is 865. The highest BCUT2D eigenvalue weighted by atomic mass is 32.2. The summed E-state index contributed by atoms with van der Waals surface area (Å²) in [6, 6.07) is 7.54. The summed E-state index contributed by atoms with van der Waals surface area (Å²) in [6.45, 7) is 3.19. The van der Waals surface area contributed by atoms with Gasteiger partial charge in [-0.2, -0.15) is 4.31 Å². The fourth-order valence-electron chi connectivity index (χ4n) is 2.69. The van der Waals surface area contributed by atoms with E-state index in [0.717, 1.165) is 22.5 Å². The van der Waals surface area contributed by atoms with Gasteiger partial charge < -0.3 is 9.47 Å². The van der Waals surface area contributed by atoms with Crippen molar-refractivity contribution < 1.29 is 22.7 Å². The molecule has 0 radical (unpaired) electrons. The van der Waals surface area contributed by atoms with E-state index in [-0.39, 0.29) is 22.9 Å². The molecule has 0 N–H and O–H groups in total. The fourth-order valence-corrected chi connectivity index (χ4v) is 5.77. The van der Waals surface area contributed by atoms with Gasteiger partial charge in [-0.3, -0.25) is 0 Å². The van der Waals surface area contributed by atoms with Gasteiger partial charge in [0.1, 0.15) is 9.77 Å². The van der Waals surface area contributed by atoms with Crippen LogP contribution in [0.1, 0.15) is 15.2 Å². The van der Waals surface area contributed by atoms with Crippen molar-refractivity contribution >= 4 is 27.3 Å². The number of hydrogen-bond donors (Lipinski definition) is 0. The van der Waals surface area contributed by atoms with Gasteiger partial charge in [0.2, 0.25) is 10.0 Å². The van der Waals surface area contributed by atoms with Gasteiger partial charge >= 0.3 is 5.97 Å². The molecule has 0 unspecified atom stereocenters. The lowest BCUT2D eigenvalue weighted by atomic mass is 10.1. The van der Waals surface area contributed by atoms with Crippen molar-refractivity contribution in [2.45, 2.75) is 11.8 Å². The van der Waals surface area contributed by atoms with Crippen LogP contribution >= 0.6 is 11.3 Å². The lowest BCUT2D eigenvalue weighted by Crippen LogP contribution is -2.41. The minimum atomic E-state index is -3.83. The molecule has 1 saturated heterocycles. The molecular weight excluding hydrogens is 362 g/mol. The van der Waals surface area contributed by atoms with E-state index in [1.807, 2.05) is 31.2 Å². The van der Waals surface area contributed by atoms with E-state index in [1.54, 1.807) is 5.38 Å². The number of aryl methyl sites for hydroxylation is 1. The Labute approximate surface area is 151 Å². The second-order valence-electron chi connectivity index (χ2n) is 5.68. The van der Waals surface area contributed by atoms with Crippen LogP contribution in [0.3, 0.4) is 0 Å². The average molecular weight is 381 g/mol. The highest BCUT2D eigenvalue weighted by molar-refractivity contribution is 7.89. The van der Waals surface area contributed by atoms with Crippen LogP contribution in [0.15, 0.2) is 34.5 Å². The molecular formula is C17H19NO5S2. The van der Waals surface area contributed by atoms with E-state index in [4.69, 9.17) is 9.47 Å². The SMILES string of the molecule is COC(=O)c1scc(-c2ccc(C)cc2)c1S(=O)(=O)N1CCOCC1. The number of methoxy groups -OCH3 is 1. The summed E-state index contributed by atoms with van der Waals surface area (Å²) < 4.78 is 37.8. The van der Waals surface area contributed by atoms with Crippen LogP contribution in [0, 0.1) is 6.92 Å². The summed E-state index contributed by atoms with van der Waals surface area (Å²) >= 11 is 1.09. The molecule has 0 amide bonds. The van der Waals surface area contributed by atoms with Crippen LogP contribution in [0.2, 0.25) is 0 Å². The number of esters is 1. The molecule has 1 aromatic carbocycles. The molecule has 2 aromatic rings. The zero-order chi connectivity index (χ0) is 18.0. The first-order valence-electron chi connectivity index (χ1n) is 7.80. The maximum atomic E-state index is 13.2. The zero-order valence-electron chi connectivity index (χ0n) is 14.0. The Hall–Kier alpha value is -1.74. The fraction of sp³-hybridized carbons (Fsp3) is 0.353. The third-order valence-corrected chi connectivity index (χ3v) is 7.12. The Morgan fingerprint density at radius 2 is 1.84 bits per heavy atom. The van der Waals surface area contributed by atoms with Crippen molar-refractivity contribution in [1.29, 1.82) is 0 Å². The molecule has 1 aromatic heterocycles. The normalized spacial score (nSPS) is 15.9. The van der Waals surface area contributed by atoms with Gasteiger partial charge in [0.05, 0.1) is 20.3 Å². The molecule has 2 heterocycles. The predicted molar refractivity (Wildman–Crippen MR) is 95.4 cm³/mol. The summed E-state index contributed by atoms with van der Waals surface area (Å²) in [5, 5.41) is 1.70. The summed E-state index contributed by atoms with van der Waals surface area (Å²) in [4.78, 5) is 12.3. The molecule has 6 nitrogen and oxygen atoms in total. The Balaban J connectivity index is 2.16. The van der Waals surface area contributed by atoms with Crippen LogP contribution in [0.4, 0.5) is 0 Å². The van der Waals surface area contributed by atoms with Crippen LogP contribution in [0.5, 0.6) is 0 Å². The van der Waals surface area contributed by atoms with Gasteiger partial charge in [-0.1, -0.05) is 29.8 Å². The lowest BCUT2D eigenvalue weighted by molar-refractivity contribution is 0.0601. The Morgan fingerprint density at radius 3 is 2.44 bits per heavy atom. The highest BCUT2D eigenvalue weighted by Gasteiger charge is 2.35. The Morgan fingerprint density at radius 1 is 1.20 bits per heavy atom. The van der Waals surface area contributed by atoms with Crippen LogP contribution in [0.25, 0.3) is 11.1 Å². The third-order valence-electron chi connectivity index (χ3n) is 4.05. The quantitative estimate of drug-likeness (QED) is 0.761. The van der Waals surface area contributed by atoms with Gasteiger partial charge in [-0.15, -0.1) is 11.3 Å². The predicted octanol–water partition coefficient (Wildman–Crippen LogP) is 2.53. The third kappa shape index (κ3) is 3.48. The number of sulfonamides is 1. The molecule has 0 bridgehead atoms. The van der Waals surface area contributed by atoms with Gasteiger partial charge in [-0.25, -0.2) is 13.2 Å². The molecule has 134 valence electrons. The number of morpholine rings is 1. The van der Waals surface area contributed by atoms with Gasteiger partial charge in [0, 0.05) is 24.0 Å². The van der Waals surface area contributed by atoms with E-state index >= 15 is 0 Å². The van der Waals surface area contributed by atoms with Crippen LogP contribution in [-0.4, -0.2) is 52.1 Å². The number of thiophene rings is 1. The van der Waals surface area contributed by atoms with Crippen LogP contribution in [-0.2, 0) is 19.5 Å². The summed E-state index contributed by atoms with van der Waals surface area (Å²) in [7, 11) is -2.58. The monoisotopic (exact) mass is 381 g/mol. The van der Waals surface area contributed by atoms with E-state index in [9.17, 15) is 13.2 Å². The minimum absolute atomic E-state index is 0.0232. The molecule has 0 spiro atoms. The number of rotatable bonds is 4. The van der Waals surface area contributed by atoms with Crippen molar-refractivity contribution in [3.05, 3.63) is 40.1 Å². The topological polar surface area (TPSA) is 72.9 Å². The first-order valence-corrected chi connectivity index (χ1v) is 10.1. The molecule has 0 aliphatic carbocycles. The minimum Gasteiger partial charge on any atom is -0.465 e. The summed E-state index contributed by atoms with van der Waals surface area (Å²) in [5.74, 6) is -0.643. The van der Waals surface area contributed by atoms with Gasteiger partial charge in [0.25, 0.3) is 0 Å². The largest absolute Gasteiger partial charge is 0.465 e. The van der Waals surface area contributed by atoms with Crippen molar-refractivity contribution in [3.63, 3.8) is 0 Å². The number of hydrogen-bond acceptors (Lipinski definition) is 6. The second-order valence-corrected chi connectivity index (χ2v) is 8.44. The van der Waals surface area contributed by atoms with E-state index in [2.05, 4.69) is 0 Å². The number of carbonyl (C=O) groups excluding carboxylic acids is 1. The van der Waals surface area contributed by atoms with Gasteiger partial charge in [-0.05, 0) is 12.5 Å². The molecule has 1 aliphatic heterocycles. The van der Waals surface area contributed by atoms with Gasteiger partial charge in [0.15, 0.2) is 0 Å². The highest BCUT2D eigenvalue weighted by Crippen LogP contribution is 2.37. The molecule has 1 aliphatic rings. The van der Waals surface area contributed by atoms with E-state index in [1.165, 1.54) is 11.4 Å². The molecule has 0 saturated carbocycles. The standard InChI is InChI=1S/C17H19NO5S2/c1-12-3-5-13(6-4-12)14-11-24-15(17(19)22-2)16(14)25(20,21)18-7-9-23-10-8-18/h3-6,11H,7-10H2,1-2H3. The number of carbonyl (C=O) groups is 1. The summed E-state index contributed by atoms with van der Waals surface area (Å²) in [6.07, 6.45) is 0. The van der Waals surface area contributed by atoms with Crippen LogP contribution < -0.4 is 0 Å². The van der Waals surface area contributed by atoms with Crippen molar-refractivity contribution in [2.24, 2.45) is 0 Å². The zero-order valence-corrected chi connectivity index (χ0v) is 15.7. The number of benzene rings is 1. The first-order chi connectivity index (χ1) is 11.9. The van der Waals surface area contributed by atoms with Crippen molar-refractivity contribution in [3.8, 4) is 11.1 Å². The van der Waals surface area contributed by atoms with E-state index in [0.29, 0.717) is 18.8 Å². The number of nitrogens with zero attached hydrogens (tertiary/aromatic N) is 1. The molecule has 8 heteroatoms. The maximum Gasteiger partial charge on any atom is 0.349 e. The molecule has 0 atom stereocenters. The first kappa shape index (κ1) is 18.1. The van der Waals surface area contributed by atoms with Crippen molar-refractivity contribution in [1.82, 2.24) is 4.31 Å². The Kier molecular flexibility index (Phi) is 5.24. The number of ether oxygens (including phenoxy) is 2. The van der Waals surface area contributed by atoms with Crippen molar-refractivity contribution in [2.75, 3.05) is 33.4 Å². The average Bonchev–Trinajstić information content (AvgIpc) is 3.08. The lowest BCUT2D eigenvalue weighted by Gasteiger charge is -2.26. The smallest absolute Gasteiger partial charge is 0.349 e. The van der Waals surface area contributed by atoms with E-state index < -0.39 is 16.0 Å². The molecule has 25 heavy (non-hydrogen) atoms.